The van der Waals surface area contributed by atoms with Gasteiger partial charge >= 0.3 is 0 Å². The van der Waals surface area contributed by atoms with Crippen LogP contribution in [0.1, 0.15) is 29.4 Å². The Labute approximate surface area is 193 Å². The van der Waals surface area contributed by atoms with E-state index in [4.69, 9.17) is 19.8 Å². The lowest BCUT2D eigenvalue weighted by molar-refractivity contribution is 0.0950. The average Bonchev–Trinajstić information content (AvgIpc) is 3.60. The maximum Gasteiger partial charge on any atom is 0.294 e. The average molecular weight is 460 g/mol. The maximum absolute atomic E-state index is 13.0. The van der Waals surface area contributed by atoms with E-state index >= 15 is 0 Å². The highest BCUT2D eigenvalue weighted by Gasteiger charge is 2.26. The molecule has 0 saturated heterocycles. The van der Waals surface area contributed by atoms with E-state index in [0.717, 1.165) is 12.1 Å². The second-order valence-corrected chi connectivity index (χ2v) is 7.51. The molecule has 1 aliphatic heterocycles. The van der Waals surface area contributed by atoms with Crippen molar-refractivity contribution in [2.75, 3.05) is 12.5 Å². The highest BCUT2D eigenvalue weighted by molar-refractivity contribution is 5.99. The van der Waals surface area contributed by atoms with Crippen LogP contribution >= 0.6 is 0 Å². The second kappa shape index (κ2) is 9.02. The van der Waals surface area contributed by atoms with E-state index in [9.17, 15) is 4.79 Å². The van der Waals surface area contributed by atoms with Gasteiger partial charge in [-0.1, -0.05) is 35.5 Å². The molecule has 4 aromatic rings. The SMILES string of the molecule is CC(CCc1ccccc1)=NNC(=O)c1nnn(-c2nonc2N)c1-c1ccc2c(c1)OCO2. The van der Waals surface area contributed by atoms with Crippen molar-refractivity contribution < 1.29 is 18.9 Å². The topological polar surface area (TPSA) is 156 Å². The van der Waals surface area contributed by atoms with Crippen molar-refractivity contribution in [3.63, 3.8) is 0 Å². The van der Waals surface area contributed by atoms with Crippen LogP contribution in [0.3, 0.4) is 0 Å². The Morgan fingerprint density at radius 3 is 2.76 bits per heavy atom. The van der Waals surface area contributed by atoms with Gasteiger partial charge in [-0.15, -0.1) is 5.10 Å². The molecule has 0 unspecified atom stereocenters. The van der Waals surface area contributed by atoms with E-state index in [1.807, 2.05) is 37.3 Å². The fourth-order valence-electron chi connectivity index (χ4n) is 3.45. The van der Waals surface area contributed by atoms with Crippen molar-refractivity contribution in [1.82, 2.24) is 30.7 Å². The number of carbonyl (C=O) groups is 1. The molecule has 0 saturated carbocycles. The summed E-state index contributed by atoms with van der Waals surface area (Å²) in [6.45, 7) is 1.96. The third-order valence-corrected chi connectivity index (χ3v) is 5.19. The van der Waals surface area contributed by atoms with Crippen LogP contribution in [-0.2, 0) is 6.42 Å². The van der Waals surface area contributed by atoms with Gasteiger partial charge in [-0.2, -0.15) is 9.78 Å². The van der Waals surface area contributed by atoms with Crippen LogP contribution in [-0.4, -0.2) is 43.7 Å². The van der Waals surface area contributed by atoms with E-state index in [-0.39, 0.29) is 24.1 Å². The predicted molar refractivity (Wildman–Crippen MR) is 121 cm³/mol. The van der Waals surface area contributed by atoms with Gasteiger partial charge in [0.2, 0.25) is 18.4 Å². The van der Waals surface area contributed by atoms with Gasteiger partial charge < -0.3 is 15.2 Å². The molecule has 12 nitrogen and oxygen atoms in total. The summed E-state index contributed by atoms with van der Waals surface area (Å²) in [5.41, 5.74) is 11.3. The fourth-order valence-corrected chi connectivity index (χ4v) is 3.45. The number of fused-ring (bicyclic) bond motifs is 1. The lowest BCUT2D eigenvalue weighted by Gasteiger charge is -2.07. The minimum Gasteiger partial charge on any atom is -0.454 e. The van der Waals surface area contributed by atoms with Crippen molar-refractivity contribution in [3.05, 3.63) is 59.8 Å². The number of ether oxygens (including phenoxy) is 2. The Hall–Kier alpha value is -4.74. The number of hydrogen-bond acceptors (Lipinski definition) is 10. The molecule has 3 heterocycles. The minimum atomic E-state index is -0.548. The molecule has 172 valence electrons. The summed E-state index contributed by atoms with van der Waals surface area (Å²) in [4.78, 5) is 13.0. The number of nitrogens with zero attached hydrogens (tertiary/aromatic N) is 6. The Morgan fingerprint density at radius 1 is 1.15 bits per heavy atom. The van der Waals surface area contributed by atoms with Gasteiger partial charge in [0.05, 0.1) is 0 Å². The molecule has 1 aliphatic rings. The van der Waals surface area contributed by atoms with Crippen LogP contribution in [0.2, 0.25) is 0 Å². The molecule has 5 rings (SSSR count). The molecule has 12 heteroatoms. The molecule has 2 aromatic heterocycles. The van der Waals surface area contributed by atoms with Crippen LogP contribution in [0.5, 0.6) is 11.5 Å². The normalized spacial score (nSPS) is 12.7. The number of benzene rings is 2. The van der Waals surface area contributed by atoms with E-state index in [2.05, 4.69) is 31.2 Å². The minimum absolute atomic E-state index is 0.00590. The van der Waals surface area contributed by atoms with Crippen LogP contribution in [0.25, 0.3) is 17.1 Å². The van der Waals surface area contributed by atoms with Crippen LogP contribution in [0, 0.1) is 0 Å². The number of nitrogens with one attached hydrogen (secondary N) is 1. The first kappa shape index (κ1) is 21.1. The van der Waals surface area contributed by atoms with Crippen LogP contribution < -0.4 is 20.6 Å². The standard InChI is InChI=1S/C22H20N8O4/c1-13(7-8-14-5-3-2-4-6-14)24-26-22(31)18-19(15-9-10-16-17(11-15)33-12-32-16)30(29-25-18)21-20(23)27-34-28-21/h2-6,9-11H,7-8,12H2,1H3,(H2,23,27)(H,26,31). The number of aromatic nitrogens is 5. The summed E-state index contributed by atoms with van der Waals surface area (Å²) in [5.74, 6) is 0.663. The number of amides is 1. The zero-order valence-corrected chi connectivity index (χ0v) is 18.1. The summed E-state index contributed by atoms with van der Waals surface area (Å²) < 4.78 is 16.8. The molecule has 0 fully saturated rings. The molecule has 0 bridgehead atoms. The summed E-state index contributed by atoms with van der Waals surface area (Å²) >= 11 is 0. The van der Waals surface area contributed by atoms with Crippen molar-refractivity contribution in [3.8, 4) is 28.6 Å². The zero-order valence-electron chi connectivity index (χ0n) is 18.1. The van der Waals surface area contributed by atoms with Crippen molar-refractivity contribution in [2.45, 2.75) is 19.8 Å². The molecule has 0 aliphatic carbocycles. The fraction of sp³-hybridized carbons (Fsp3) is 0.182. The van der Waals surface area contributed by atoms with Gasteiger partial charge in [0, 0.05) is 11.3 Å². The molecular weight excluding hydrogens is 440 g/mol. The molecule has 0 spiro atoms. The molecular formula is C22H20N8O4. The van der Waals surface area contributed by atoms with Gasteiger partial charge in [-0.3, -0.25) is 4.79 Å². The number of aryl methyl sites for hydroxylation is 1. The quantitative estimate of drug-likeness (QED) is 0.312. The Bertz CT molecular complexity index is 1360. The highest BCUT2D eigenvalue weighted by Crippen LogP contribution is 2.37. The van der Waals surface area contributed by atoms with Gasteiger partial charge in [0.25, 0.3) is 5.91 Å². The molecule has 34 heavy (non-hydrogen) atoms. The number of anilines is 1. The third kappa shape index (κ3) is 4.16. The van der Waals surface area contributed by atoms with E-state index in [1.54, 1.807) is 18.2 Å². The largest absolute Gasteiger partial charge is 0.454 e. The third-order valence-electron chi connectivity index (χ3n) is 5.19. The first-order valence-corrected chi connectivity index (χ1v) is 10.4. The van der Waals surface area contributed by atoms with Gasteiger partial charge in [0.15, 0.2) is 17.2 Å². The molecule has 1 amide bonds. The first-order chi connectivity index (χ1) is 16.6. The maximum atomic E-state index is 13.0. The Kier molecular flexibility index (Phi) is 5.60. The van der Waals surface area contributed by atoms with E-state index < -0.39 is 5.91 Å². The summed E-state index contributed by atoms with van der Waals surface area (Å²) in [6.07, 6.45) is 1.50. The lowest BCUT2D eigenvalue weighted by Crippen LogP contribution is -2.20. The van der Waals surface area contributed by atoms with E-state index in [1.165, 1.54) is 10.2 Å². The smallest absolute Gasteiger partial charge is 0.294 e. The Morgan fingerprint density at radius 2 is 1.97 bits per heavy atom. The first-order valence-electron chi connectivity index (χ1n) is 10.4. The molecule has 0 radical (unpaired) electrons. The molecule has 2 aromatic carbocycles. The van der Waals surface area contributed by atoms with Gasteiger partial charge in [0.1, 0.15) is 5.69 Å². The van der Waals surface area contributed by atoms with E-state index in [0.29, 0.717) is 29.2 Å². The van der Waals surface area contributed by atoms with Crippen molar-refractivity contribution in [1.29, 1.82) is 0 Å². The van der Waals surface area contributed by atoms with Gasteiger partial charge in [-0.25, -0.2) is 10.1 Å². The molecule has 0 atom stereocenters. The van der Waals surface area contributed by atoms with Crippen LogP contribution in [0.15, 0.2) is 58.3 Å². The van der Waals surface area contributed by atoms with Crippen molar-refractivity contribution in [2.24, 2.45) is 5.10 Å². The highest BCUT2D eigenvalue weighted by atomic mass is 16.7. The number of rotatable bonds is 7. The molecule has 3 N–H and O–H groups in total. The predicted octanol–water partition coefficient (Wildman–Crippen LogP) is 2.37. The zero-order chi connectivity index (χ0) is 23.5. The number of hydrogen-bond donors (Lipinski definition) is 2. The van der Waals surface area contributed by atoms with Crippen molar-refractivity contribution >= 4 is 17.4 Å². The summed E-state index contributed by atoms with van der Waals surface area (Å²) in [5, 5.41) is 19.7. The summed E-state index contributed by atoms with van der Waals surface area (Å²) in [6, 6.07) is 15.2. The summed E-state index contributed by atoms with van der Waals surface area (Å²) in [7, 11) is 0. The number of nitrogen functional groups attached to an aromatic ring is 1. The number of hydrazone groups is 1. The van der Waals surface area contributed by atoms with Gasteiger partial charge in [-0.05, 0) is 53.8 Å². The lowest BCUT2D eigenvalue weighted by atomic mass is 10.1. The Balaban J connectivity index is 1.42. The number of carbonyl (C=O) groups excluding carboxylic acids is 1. The number of nitrogens with two attached hydrogens (primary N) is 1. The monoisotopic (exact) mass is 460 g/mol. The second-order valence-electron chi connectivity index (χ2n) is 7.51. The van der Waals surface area contributed by atoms with Crippen LogP contribution in [0.4, 0.5) is 5.82 Å².